The summed E-state index contributed by atoms with van der Waals surface area (Å²) in [6, 6.07) is 14.3. The van der Waals surface area contributed by atoms with E-state index < -0.39 is 0 Å². The van der Waals surface area contributed by atoms with E-state index in [0.717, 1.165) is 28.0 Å². The SMILES string of the molecule is CSc1ccccc1-c1nc2c(CN)cccc2[nH]1. The second-order valence-corrected chi connectivity index (χ2v) is 5.15. The molecule has 0 aliphatic rings. The summed E-state index contributed by atoms with van der Waals surface area (Å²) in [7, 11) is 0. The zero-order valence-electron chi connectivity index (χ0n) is 10.7. The first-order valence-corrected chi connectivity index (χ1v) is 7.37. The predicted octanol–water partition coefficient (Wildman–Crippen LogP) is 3.41. The van der Waals surface area contributed by atoms with E-state index in [0.29, 0.717) is 6.54 Å². The number of benzene rings is 2. The molecule has 3 N–H and O–H groups in total. The van der Waals surface area contributed by atoms with Gasteiger partial charge >= 0.3 is 0 Å². The lowest BCUT2D eigenvalue weighted by atomic mass is 10.2. The lowest BCUT2D eigenvalue weighted by molar-refractivity contribution is 1.08. The molecule has 3 aromatic rings. The first kappa shape index (κ1) is 12.3. The van der Waals surface area contributed by atoms with Gasteiger partial charge in [-0.2, -0.15) is 0 Å². The molecule has 96 valence electrons. The number of para-hydroxylation sites is 1. The minimum atomic E-state index is 0.506. The topological polar surface area (TPSA) is 54.7 Å². The van der Waals surface area contributed by atoms with Crippen LogP contribution in [0.5, 0.6) is 0 Å². The van der Waals surface area contributed by atoms with Gasteiger partial charge in [0.05, 0.1) is 11.0 Å². The van der Waals surface area contributed by atoms with Crippen LogP contribution in [0.4, 0.5) is 0 Å². The van der Waals surface area contributed by atoms with Crippen LogP contribution in [0.25, 0.3) is 22.4 Å². The number of hydrogen-bond donors (Lipinski definition) is 2. The van der Waals surface area contributed by atoms with Crippen LogP contribution in [-0.4, -0.2) is 16.2 Å². The first-order chi connectivity index (χ1) is 9.33. The molecule has 3 nitrogen and oxygen atoms in total. The van der Waals surface area contributed by atoms with Gasteiger partial charge in [-0.15, -0.1) is 11.8 Å². The molecule has 0 bridgehead atoms. The zero-order chi connectivity index (χ0) is 13.2. The van der Waals surface area contributed by atoms with Gasteiger partial charge in [-0.25, -0.2) is 4.98 Å². The largest absolute Gasteiger partial charge is 0.338 e. The van der Waals surface area contributed by atoms with Gasteiger partial charge in [-0.1, -0.05) is 30.3 Å². The van der Waals surface area contributed by atoms with Crippen LogP contribution in [0.1, 0.15) is 5.56 Å². The Bertz CT molecular complexity index is 718. The average Bonchev–Trinajstić information content (AvgIpc) is 2.90. The number of fused-ring (bicyclic) bond motifs is 1. The van der Waals surface area contributed by atoms with E-state index in [-0.39, 0.29) is 0 Å². The summed E-state index contributed by atoms with van der Waals surface area (Å²) in [5.74, 6) is 0.904. The molecule has 0 saturated carbocycles. The van der Waals surface area contributed by atoms with E-state index in [1.165, 1.54) is 4.90 Å². The molecular weight excluding hydrogens is 254 g/mol. The molecule has 0 unspecified atom stereocenters. The highest BCUT2D eigenvalue weighted by Crippen LogP contribution is 2.30. The van der Waals surface area contributed by atoms with Gasteiger partial charge in [-0.3, -0.25) is 0 Å². The highest BCUT2D eigenvalue weighted by atomic mass is 32.2. The van der Waals surface area contributed by atoms with Crippen molar-refractivity contribution in [2.45, 2.75) is 11.4 Å². The Balaban J connectivity index is 2.21. The highest BCUT2D eigenvalue weighted by Gasteiger charge is 2.10. The van der Waals surface area contributed by atoms with E-state index in [9.17, 15) is 0 Å². The van der Waals surface area contributed by atoms with Crippen LogP contribution < -0.4 is 5.73 Å². The summed E-state index contributed by atoms with van der Waals surface area (Å²) in [5, 5.41) is 0. The summed E-state index contributed by atoms with van der Waals surface area (Å²) in [6.07, 6.45) is 2.08. The molecule has 1 heterocycles. The monoisotopic (exact) mass is 269 g/mol. The third kappa shape index (κ3) is 2.13. The summed E-state index contributed by atoms with van der Waals surface area (Å²) < 4.78 is 0. The minimum Gasteiger partial charge on any atom is -0.338 e. The number of nitrogens with two attached hydrogens (primary N) is 1. The van der Waals surface area contributed by atoms with Crippen LogP contribution in [0.2, 0.25) is 0 Å². The molecule has 0 spiro atoms. The quantitative estimate of drug-likeness (QED) is 0.716. The smallest absolute Gasteiger partial charge is 0.139 e. The van der Waals surface area contributed by atoms with Gasteiger partial charge in [0.15, 0.2) is 0 Å². The zero-order valence-corrected chi connectivity index (χ0v) is 11.5. The maximum atomic E-state index is 5.76. The van der Waals surface area contributed by atoms with Crippen molar-refractivity contribution in [1.29, 1.82) is 0 Å². The standard InChI is InChI=1S/C15H15N3S/c1-19-13-8-3-2-6-11(13)15-17-12-7-4-5-10(9-16)14(12)18-15/h2-8H,9,16H2,1H3,(H,17,18). The molecule has 2 aromatic carbocycles. The molecule has 0 amide bonds. The number of thioether (sulfide) groups is 1. The summed E-state index contributed by atoms with van der Waals surface area (Å²) in [6.45, 7) is 0.506. The maximum absolute atomic E-state index is 5.76. The Morgan fingerprint density at radius 2 is 2.00 bits per heavy atom. The highest BCUT2D eigenvalue weighted by molar-refractivity contribution is 7.98. The van der Waals surface area contributed by atoms with Crippen LogP contribution in [0, 0.1) is 0 Å². The Hall–Kier alpha value is -1.78. The third-order valence-corrected chi connectivity index (χ3v) is 3.97. The van der Waals surface area contributed by atoms with Crippen molar-refractivity contribution >= 4 is 22.8 Å². The minimum absolute atomic E-state index is 0.506. The molecule has 0 fully saturated rings. The fourth-order valence-corrected chi connectivity index (χ4v) is 2.82. The number of imidazole rings is 1. The van der Waals surface area contributed by atoms with E-state index in [2.05, 4.69) is 23.4 Å². The Kier molecular flexibility index (Phi) is 3.27. The van der Waals surface area contributed by atoms with Crippen LogP contribution >= 0.6 is 11.8 Å². The van der Waals surface area contributed by atoms with Crippen molar-refractivity contribution < 1.29 is 0 Å². The molecule has 19 heavy (non-hydrogen) atoms. The fraction of sp³-hybridized carbons (Fsp3) is 0.133. The molecular formula is C15H15N3S. The van der Waals surface area contributed by atoms with E-state index in [4.69, 9.17) is 10.7 Å². The second kappa shape index (κ2) is 5.07. The van der Waals surface area contributed by atoms with E-state index in [1.807, 2.05) is 30.3 Å². The van der Waals surface area contributed by atoms with Gasteiger partial charge in [0.25, 0.3) is 0 Å². The molecule has 0 aliphatic heterocycles. The molecule has 0 saturated heterocycles. The summed E-state index contributed by atoms with van der Waals surface area (Å²) in [4.78, 5) is 9.31. The number of nitrogens with one attached hydrogen (secondary N) is 1. The fourth-order valence-electron chi connectivity index (χ4n) is 2.22. The van der Waals surface area contributed by atoms with Crippen molar-refractivity contribution in [1.82, 2.24) is 9.97 Å². The van der Waals surface area contributed by atoms with Crippen molar-refractivity contribution in [3.8, 4) is 11.4 Å². The number of nitrogens with zero attached hydrogens (tertiary/aromatic N) is 1. The van der Waals surface area contributed by atoms with E-state index >= 15 is 0 Å². The lowest BCUT2D eigenvalue weighted by Gasteiger charge is -2.02. The van der Waals surface area contributed by atoms with Gasteiger partial charge in [0, 0.05) is 17.0 Å². The summed E-state index contributed by atoms with van der Waals surface area (Å²) >= 11 is 1.73. The molecule has 4 heteroatoms. The van der Waals surface area contributed by atoms with Crippen molar-refractivity contribution in [3.05, 3.63) is 48.0 Å². The van der Waals surface area contributed by atoms with E-state index in [1.54, 1.807) is 11.8 Å². The Morgan fingerprint density at radius 1 is 1.16 bits per heavy atom. The number of rotatable bonds is 3. The van der Waals surface area contributed by atoms with Crippen LogP contribution in [-0.2, 0) is 6.54 Å². The van der Waals surface area contributed by atoms with Gasteiger partial charge < -0.3 is 10.7 Å². The molecule has 3 rings (SSSR count). The van der Waals surface area contributed by atoms with Gasteiger partial charge in [-0.05, 0) is 24.0 Å². The number of aromatic nitrogens is 2. The van der Waals surface area contributed by atoms with Crippen LogP contribution in [0.3, 0.4) is 0 Å². The molecule has 0 radical (unpaired) electrons. The van der Waals surface area contributed by atoms with Crippen LogP contribution in [0.15, 0.2) is 47.4 Å². The second-order valence-electron chi connectivity index (χ2n) is 4.30. The Labute approximate surface area is 116 Å². The maximum Gasteiger partial charge on any atom is 0.139 e. The predicted molar refractivity (Wildman–Crippen MR) is 81.2 cm³/mol. The number of aromatic amines is 1. The molecule has 0 atom stereocenters. The molecule has 0 aliphatic carbocycles. The average molecular weight is 269 g/mol. The number of H-pyrrole nitrogens is 1. The lowest BCUT2D eigenvalue weighted by Crippen LogP contribution is -1.96. The first-order valence-electron chi connectivity index (χ1n) is 6.14. The summed E-state index contributed by atoms with van der Waals surface area (Å²) in [5.41, 5.74) is 9.97. The van der Waals surface area contributed by atoms with Gasteiger partial charge in [0.1, 0.15) is 5.82 Å². The molecule has 1 aromatic heterocycles. The van der Waals surface area contributed by atoms with Crippen molar-refractivity contribution in [3.63, 3.8) is 0 Å². The Morgan fingerprint density at radius 3 is 2.79 bits per heavy atom. The van der Waals surface area contributed by atoms with Crippen molar-refractivity contribution in [2.24, 2.45) is 5.73 Å². The number of hydrogen-bond acceptors (Lipinski definition) is 3. The van der Waals surface area contributed by atoms with Crippen molar-refractivity contribution in [2.75, 3.05) is 6.26 Å². The van der Waals surface area contributed by atoms with Gasteiger partial charge in [0.2, 0.25) is 0 Å². The normalized spacial score (nSPS) is 11.1. The third-order valence-electron chi connectivity index (χ3n) is 3.18.